The van der Waals surface area contributed by atoms with Gasteiger partial charge in [-0.05, 0) is 40.8 Å². The highest BCUT2D eigenvalue weighted by atomic mass is 79.9. The molecule has 0 bridgehead atoms. The molecule has 0 spiro atoms. The van der Waals surface area contributed by atoms with E-state index in [1.807, 2.05) is 42.5 Å². The fraction of sp³-hybridized carbons (Fsp3) is 0.278. The number of carbonyl (C=O) groups is 1. The Morgan fingerprint density at radius 1 is 1.14 bits per heavy atom. The lowest BCUT2D eigenvalue weighted by Crippen LogP contribution is -2.23. The van der Waals surface area contributed by atoms with E-state index in [-0.39, 0.29) is 11.3 Å². The highest BCUT2D eigenvalue weighted by Crippen LogP contribution is 2.23. The smallest absolute Gasteiger partial charge is 0.251 e. The number of nitrogens with one attached hydrogen (secondary N) is 1. The Hall–Kier alpha value is -1.32. The third kappa shape index (κ3) is 4.34. The summed E-state index contributed by atoms with van der Waals surface area (Å²) in [5, 5.41) is 3.53. The van der Waals surface area contributed by atoms with E-state index in [1.54, 1.807) is 0 Å². The highest BCUT2D eigenvalue weighted by molar-refractivity contribution is 9.10. The van der Waals surface area contributed by atoms with Crippen LogP contribution in [0, 0.1) is 0 Å². The fourth-order valence-corrected chi connectivity index (χ4v) is 2.80. The van der Waals surface area contributed by atoms with Crippen LogP contribution in [0.2, 0.25) is 5.02 Å². The first-order valence-electron chi connectivity index (χ1n) is 7.10. The highest BCUT2D eigenvalue weighted by Gasteiger charge is 2.14. The molecule has 4 heteroatoms. The molecule has 0 unspecified atom stereocenters. The first-order chi connectivity index (χ1) is 10.3. The summed E-state index contributed by atoms with van der Waals surface area (Å²) in [6, 6.07) is 13.4. The Morgan fingerprint density at radius 2 is 1.77 bits per heavy atom. The average Bonchev–Trinajstić information content (AvgIpc) is 2.45. The van der Waals surface area contributed by atoms with Crippen LogP contribution in [0.1, 0.15) is 42.3 Å². The molecule has 2 rings (SSSR count). The lowest BCUT2D eigenvalue weighted by atomic mass is 9.87. The molecule has 0 heterocycles. The molecule has 2 aromatic rings. The third-order valence-electron chi connectivity index (χ3n) is 3.47. The van der Waals surface area contributed by atoms with Crippen LogP contribution in [-0.2, 0) is 12.0 Å². The van der Waals surface area contributed by atoms with Crippen LogP contribution in [0.25, 0.3) is 0 Å². The molecule has 2 nitrogen and oxygen atoms in total. The van der Waals surface area contributed by atoms with Crippen LogP contribution in [0.3, 0.4) is 0 Å². The lowest BCUT2D eigenvalue weighted by molar-refractivity contribution is 0.0951. The minimum absolute atomic E-state index is 0.0833. The van der Waals surface area contributed by atoms with Crippen molar-refractivity contribution < 1.29 is 4.79 Å². The molecule has 116 valence electrons. The lowest BCUT2D eigenvalue weighted by Gasteiger charge is -2.19. The van der Waals surface area contributed by atoms with Crippen LogP contribution in [-0.4, -0.2) is 5.91 Å². The second kappa shape index (κ2) is 6.84. The van der Waals surface area contributed by atoms with Crippen LogP contribution >= 0.6 is 27.5 Å². The van der Waals surface area contributed by atoms with E-state index in [9.17, 15) is 4.79 Å². The number of hydrogen-bond acceptors (Lipinski definition) is 1. The van der Waals surface area contributed by atoms with Gasteiger partial charge in [-0.1, -0.05) is 66.5 Å². The molecule has 0 saturated heterocycles. The number of rotatable bonds is 3. The second-order valence-corrected chi connectivity index (χ2v) is 7.57. The number of hydrogen-bond donors (Lipinski definition) is 1. The minimum atomic E-state index is -0.0977. The summed E-state index contributed by atoms with van der Waals surface area (Å²) < 4.78 is 0.922. The van der Waals surface area contributed by atoms with Crippen molar-refractivity contribution >= 4 is 33.4 Å². The molecule has 0 atom stereocenters. The van der Waals surface area contributed by atoms with E-state index in [0.717, 1.165) is 10.0 Å². The van der Waals surface area contributed by atoms with Gasteiger partial charge in [-0.15, -0.1) is 0 Å². The first-order valence-corrected chi connectivity index (χ1v) is 8.27. The van der Waals surface area contributed by atoms with Crippen molar-refractivity contribution in [3.8, 4) is 0 Å². The molecule has 0 fully saturated rings. The van der Waals surface area contributed by atoms with Crippen LogP contribution in [0.15, 0.2) is 46.9 Å². The van der Waals surface area contributed by atoms with Gasteiger partial charge in [0, 0.05) is 21.6 Å². The number of halogens is 2. The maximum absolute atomic E-state index is 12.2. The topological polar surface area (TPSA) is 29.1 Å². The molecular formula is C18H19BrClNO. The standard InChI is InChI=1S/C18H19BrClNO/c1-18(2,3)14-7-4-12(5-8-14)17(22)21-11-13-6-9-15(19)10-16(13)20/h4-10H,11H2,1-3H3,(H,21,22). The molecular weight excluding hydrogens is 362 g/mol. The van der Waals surface area contributed by atoms with Gasteiger partial charge < -0.3 is 5.32 Å². The summed E-state index contributed by atoms with van der Waals surface area (Å²) in [7, 11) is 0. The summed E-state index contributed by atoms with van der Waals surface area (Å²) >= 11 is 9.51. The summed E-state index contributed by atoms with van der Waals surface area (Å²) in [6.07, 6.45) is 0. The van der Waals surface area contributed by atoms with E-state index in [0.29, 0.717) is 17.1 Å². The van der Waals surface area contributed by atoms with Crippen molar-refractivity contribution in [1.82, 2.24) is 5.32 Å². The van der Waals surface area contributed by atoms with Crippen molar-refractivity contribution in [1.29, 1.82) is 0 Å². The molecule has 22 heavy (non-hydrogen) atoms. The van der Waals surface area contributed by atoms with Crippen molar-refractivity contribution in [3.63, 3.8) is 0 Å². The second-order valence-electron chi connectivity index (χ2n) is 6.25. The summed E-state index contributed by atoms with van der Waals surface area (Å²) in [5.74, 6) is -0.0977. The molecule has 2 aromatic carbocycles. The van der Waals surface area contributed by atoms with Gasteiger partial charge in [0.2, 0.25) is 0 Å². The van der Waals surface area contributed by atoms with E-state index in [2.05, 4.69) is 42.0 Å². The number of amides is 1. The predicted molar refractivity (Wildman–Crippen MR) is 95.5 cm³/mol. The molecule has 1 N–H and O–H groups in total. The molecule has 0 radical (unpaired) electrons. The van der Waals surface area contributed by atoms with Crippen molar-refractivity contribution in [2.45, 2.75) is 32.7 Å². The summed E-state index contributed by atoms with van der Waals surface area (Å²) in [4.78, 5) is 12.2. The Morgan fingerprint density at radius 3 is 2.32 bits per heavy atom. The molecule has 0 aliphatic heterocycles. The predicted octanol–water partition coefficient (Wildman–Crippen LogP) is 5.33. The Labute approximate surface area is 145 Å². The zero-order valence-electron chi connectivity index (χ0n) is 12.9. The molecule has 0 saturated carbocycles. The average molecular weight is 381 g/mol. The van der Waals surface area contributed by atoms with Gasteiger partial charge in [0.1, 0.15) is 0 Å². The molecule has 0 aliphatic rings. The van der Waals surface area contributed by atoms with Gasteiger partial charge in [-0.25, -0.2) is 0 Å². The van der Waals surface area contributed by atoms with E-state index < -0.39 is 0 Å². The normalized spacial score (nSPS) is 11.3. The van der Waals surface area contributed by atoms with Crippen molar-refractivity contribution in [3.05, 3.63) is 68.7 Å². The Balaban J connectivity index is 2.03. The third-order valence-corrected chi connectivity index (χ3v) is 4.31. The van der Waals surface area contributed by atoms with Gasteiger partial charge in [0.15, 0.2) is 0 Å². The minimum Gasteiger partial charge on any atom is -0.348 e. The fourth-order valence-electron chi connectivity index (χ4n) is 2.06. The van der Waals surface area contributed by atoms with Crippen LogP contribution in [0.5, 0.6) is 0 Å². The first kappa shape index (κ1) is 17.0. The largest absolute Gasteiger partial charge is 0.348 e. The maximum atomic E-state index is 12.2. The van der Waals surface area contributed by atoms with Gasteiger partial charge >= 0.3 is 0 Å². The molecule has 0 aliphatic carbocycles. The van der Waals surface area contributed by atoms with Gasteiger partial charge in [-0.2, -0.15) is 0 Å². The zero-order valence-corrected chi connectivity index (χ0v) is 15.3. The van der Waals surface area contributed by atoms with Crippen molar-refractivity contribution in [2.75, 3.05) is 0 Å². The SMILES string of the molecule is CC(C)(C)c1ccc(C(=O)NCc2ccc(Br)cc2Cl)cc1. The summed E-state index contributed by atoms with van der Waals surface area (Å²) in [5.41, 5.74) is 2.84. The maximum Gasteiger partial charge on any atom is 0.251 e. The molecule has 0 aromatic heterocycles. The Bertz CT molecular complexity index is 674. The van der Waals surface area contributed by atoms with E-state index in [4.69, 9.17) is 11.6 Å². The monoisotopic (exact) mass is 379 g/mol. The van der Waals surface area contributed by atoms with Crippen LogP contribution < -0.4 is 5.32 Å². The van der Waals surface area contributed by atoms with Gasteiger partial charge in [-0.3, -0.25) is 4.79 Å². The quantitative estimate of drug-likeness (QED) is 0.766. The van der Waals surface area contributed by atoms with Gasteiger partial charge in [0.25, 0.3) is 5.91 Å². The van der Waals surface area contributed by atoms with Crippen molar-refractivity contribution in [2.24, 2.45) is 0 Å². The molecule has 1 amide bonds. The number of benzene rings is 2. The number of carbonyl (C=O) groups excluding carboxylic acids is 1. The van der Waals surface area contributed by atoms with E-state index in [1.165, 1.54) is 5.56 Å². The summed E-state index contributed by atoms with van der Waals surface area (Å²) in [6.45, 7) is 6.86. The van der Waals surface area contributed by atoms with E-state index >= 15 is 0 Å². The van der Waals surface area contributed by atoms with Gasteiger partial charge in [0.05, 0.1) is 0 Å². The zero-order chi connectivity index (χ0) is 16.3. The Kier molecular flexibility index (Phi) is 5.30. The van der Waals surface area contributed by atoms with Crippen LogP contribution in [0.4, 0.5) is 0 Å².